The molecule has 0 saturated carbocycles. The first-order chi connectivity index (χ1) is 11.8. The molecule has 0 aromatic heterocycles. The fraction of sp³-hybridized carbons (Fsp3) is 0.0667. The topological polar surface area (TPSA) is 98.5 Å². The summed E-state index contributed by atoms with van der Waals surface area (Å²) in [7, 11) is 0. The highest BCUT2D eigenvalue weighted by Gasteiger charge is 2.16. The lowest BCUT2D eigenvalue weighted by atomic mass is 10.2. The number of anilines is 1. The Morgan fingerprint density at radius 2 is 2.00 bits per heavy atom. The van der Waals surface area contributed by atoms with E-state index in [2.05, 4.69) is 21.2 Å². The number of ether oxygens (including phenoxy) is 1. The number of carbonyl (C=O) groups excluding carboxylic acids is 2. The molecule has 0 radical (unpaired) electrons. The second kappa shape index (κ2) is 8.04. The molecule has 0 atom stereocenters. The lowest BCUT2D eigenvalue weighted by Crippen LogP contribution is -2.21. The highest BCUT2D eigenvalue weighted by molar-refractivity contribution is 9.10. The Kier molecular flexibility index (Phi) is 6.05. The summed E-state index contributed by atoms with van der Waals surface area (Å²) in [5.74, 6) is -2.16. The van der Waals surface area contributed by atoms with E-state index in [9.17, 15) is 24.1 Å². The van der Waals surface area contributed by atoms with Crippen molar-refractivity contribution < 1.29 is 23.6 Å². The number of nitrogens with zero attached hydrogens (tertiary/aromatic N) is 1. The Balaban J connectivity index is 1.96. The van der Waals surface area contributed by atoms with E-state index in [0.717, 1.165) is 18.2 Å². The van der Waals surface area contributed by atoms with Crippen LogP contribution < -0.4 is 5.32 Å². The van der Waals surface area contributed by atoms with Gasteiger partial charge < -0.3 is 10.1 Å². The lowest BCUT2D eigenvalue weighted by molar-refractivity contribution is -0.384. The first kappa shape index (κ1) is 18.8. The second-order valence-corrected chi connectivity index (χ2v) is 5.93. The van der Waals surface area contributed by atoms with E-state index in [0.29, 0.717) is 4.47 Å². The van der Waals surface area contributed by atoms with Crippen LogP contribution in [0.25, 0.3) is 0 Å². The van der Waals surface area contributed by atoms with Crippen LogP contribution in [-0.4, -0.2) is 23.4 Å². The summed E-state index contributed by atoms with van der Waals surface area (Å²) in [6.45, 7) is -0.615. The molecular weight excluding hydrogens is 423 g/mol. The second-order valence-electron chi connectivity index (χ2n) is 4.67. The average molecular weight is 432 g/mol. The number of nitro benzene ring substituents is 1. The molecule has 0 spiro atoms. The number of benzene rings is 2. The molecule has 1 N–H and O–H groups in total. The summed E-state index contributed by atoms with van der Waals surface area (Å²) in [6.07, 6.45) is 0. The van der Waals surface area contributed by atoms with Gasteiger partial charge in [0, 0.05) is 16.6 Å². The Morgan fingerprint density at radius 3 is 2.60 bits per heavy atom. The molecule has 130 valence electrons. The molecule has 7 nitrogen and oxygen atoms in total. The van der Waals surface area contributed by atoms with Gasteiger partial charge in [-0.2, -0.15) is 0 Å². The first-order valence-corrected chi connectivity index (χ1v) is 7.81. The Hall–Kier alpha value is -2.52. The van der Waals surface area contributed by atoms with Gasteiger partial charge in [-0.05, 0) is 40.2 Å². The molecular formula is C15H9BrClFN2O5. The molecule has 0 heterocycles. The van der Waals surface area contributed by atoms with Crippen LogP contribution in [0.5, 0.6) is 0 Å². The van der Waals surface area contributed by atoms with Gasteiger partial charge in [0.1, 0.15) is 5.82 Å². The third-order valence-electron chi connectivity index (χ3n) is 2.92. The minimum Gasteiger partial charge on any atom is -0.452 e. The van der Waals surface area contributed by atoms with Crippen molar-refractivity contribution in [3.05, 3.63) is 67.4 Å². The summed E-state index contributed by atoms with van der Waals surface area (Å²) in [6, 6.07) is 6.90. The van der Waals surface area contributed by atoms with Crippen LogP contribution in [-0.2, 0) is 9.53 Å². The molecule has 0 fully saturated rings. The summed E-state index contributed by atoms with van der Waals surface area (Å²) in [5, 5.41) is 12.9. The molecule has 1 amide bonds. The number of nitro groups is 1. The molecule has 0 unspecified atom stereocenters. The van der Waals surface area contributed by atoms with Gasteiger partial charge in [0.25, 0.3) is 11.6 Å². The van der Waals surface area contributed by atoms with Crippen LogP contribution in [0.1, 0.15) is 10.4 Å². The van der Waals surface area contributed by atoms with E-state index in [1.807, 2.05) is 0 Å². The van der Waals surface area contributed by atoms with Crippen LogP contribution >= 0.6 is 27.5 Å². The van der Waals surface area contributed by atoms with E-state index in [-0.39, 0.29) is 22.0 Å². The van der Waals surface area contributed by atoms with Crippen molar-refractivity contribution in [1.29, 1.82) is 0 Å². The van der Waals surface area contributed by atoms with Gasteiger partial charge in [-0.1, -0.05) is 11.6 Å². The minimum atomic E-state index is -0.886. The average Bonchev–Trinajstić information content (AvgIpc) is 2.54. The number of hydrogen-bond donors (Lipinski definition) is 1. The fourth-order valence-corrected chi connectivity index (χ4v) is 2.48. The van der Waals surface area contributed by atoms with Crippen LogP contribution in [0.2, 0.25) is 5.02 Å². The third kappa shape index (κ3) is 4.97. The first-order valence-electron chi connectivity index (χ1n) is 6.64. The lowest BCUT2D eigenvalue weighted by Gasteiger charge is -2.09. The molecule has 0 aliphatic carbocycles. The zero-order chi connectivity index (χ0) is 18.6. The Morgan fingerprint density at radius 1 is 1.28 bits per heavy atom. The molecule has 10 heteroatoms. The van der Waals surface area contributed by atoms with Crippen LogP contribution in [0, 0.1) is 15.9 Å². The number of esters is 1. The predicted molar refractivity (Wildman–Crippen MR) is 91.1 cm³/mol. The van der Waals surface area contributed by atoms with Crippen molar-refractivity contribution in [3.63, 3.8) is 0 Å². The van der Waals surface area contributed by atoms with E-state index >= 15 is 0 Å². The summed E-state index contributed by atoms with van der Waals surface area (Å²) in [5.41, 5.74) is 0.0427. The van der Waals surface area contributed by atoms with E-state index < -0.39 is 29.2 Å². The van der Waals surface area contributed by atoms with Crippen molar-refractivity contribution in [3.8, 4) is 0 Å². The van der Waals surface area contributed by atoms with Crippen LogP contribution in [0.15, 0.2) is 40.9 Å². The number of carbonyl (C=O) groups is 2. The molecule has 2 rings (SSSR count). The molecule has 2 aromatic rings. The van der Waals surface area contributed by atoms with Crippen molar-refractivity contribution in [2.75, 3.05) is 11.9 Å². The zero-order valence-electron chi connectivity index (χ0n) is 12.3. The maximum absolute atomic E-state index is 12.9. The number of halogens is 3. The summed E-state index contributed by atoms with van der Waals surface area (Å²) in [4.78, 5) is 33.7. The SMILES string of the molecule is O=C(COC(=O)c1ccc(F)cc1Cl)Nc1ccc([N+](=O)[O-])cc1Br. The highest BCUT2D eigenvalue weighted by atomic mass is 79.9. The summed E-state index contributed by atoms with van der Waals surface area (Å²) < 4.78 is 18.0. The van der Waals surface area contributed by atoms with Crippen molar-refractivity contribution >= 4 is 50.8 Å². The Labute approximate surface area is 154 Å². The van der Waals surface area contributed by atoms with Crippen LogP contribution in [0.3, 0.4) is 0 Å². The minimum absolute atomic E-state index is 0.0765. The molecule has 0 aliphatic rings. The van der Waals surface area contributed by atoms with Gasteiger partial charge in [0.15, 0.2) is 6.61 Å². The van der Waals surface area contributed by atoms with Crippen molar-refractivity contribution in [1.82, 2.24) is 0 Å². The van der Waals surface area contributed by atoms with Gasteiger partial charge in [0.05, 0.1) is 21.2 Å². The molecule has 2 aromatic carbocycles. The van der Waals surface area contributed by atoms with E-state index in [4.69, 9.17) is 16.3 Å². The van der Waals surface area contributed by atoms with E-state index in [1.54, 1.807) is 0 Å². The Bertz CT molecular complexity index is 862. The largest absolute Gasteiger partial charge is 0.452 e. The van der Waals surface area contributed by atoms with Gasteiger partial charge in [-0.3, -0.25) is 14.9 Å². The van der Waals surface area contributed by atoms with Gasteiger partial charge in [-0.25, -0.2) is 9.18 Å². The van der Waals surface area contributed by atoms with Crippen molar-refractivity contribution in [2.24, 2.45) is 0 Å². The zero-order valence-corrected chi connectivity index (χ0v) is 14.6. The number of rotatable bonds is 5. The predicted octanol–water partition coefficient (Wildman–Crippen LogP) is 3.95. The summed E-state index contributed by atoms with van der Waals surface area (Å²) >= 11 is 8.83. The maximum atomic E-state index is 12.9. The monoisotopic (exact) mass is 430 g/mol. The standard InChI is InChI=1S/C15H9BrClFN2O5/c16-11-6-9(20(23)24)2-4-13(11)19-14(21)7-25-15(22)10-3-1-8(18)5-12(10)17/h1-6H,7H2,(H,19,21). The quantitative estimate of drug-likeness (QED) is 0.439. The third-order valence-corrected chi connectivity index (χ3v) is 3.89. The molecule has 25 heavy (non-hydrogen) atoms. The van der Waals surface area contributed by atoms with Crippen molar-refractivity contribution in [2.45, 2.75) is 0 Å². The number of amides is 1. The molecule has 0 aliphatic heterocycles. The van der Waals surface area contributed by atoms with Gasteiger partial charge >= 0.3 is 5.97 Å². The number of hydrogen-bond acceptors (Lipinski definition) is 5. The normalized spacial score (nSPS) is 10.2. The maximum Gasteiger partial charge on any atom is 0.340 e. The number of nitrogens with one attached hydrogen (secondary N) is 1. The highest BCUT2D eigenvalue weighted by Crippen LogP contribution is 2.27. The van der Waals surface area contributed by atoms with Crippen LogP contribution in [0.4, 0.5) is 15.8 Å². The van der Waals surface area contributed by atoms with E-state index in [1.165, 1.54) is 18.2 Å². The fourth-order valence-electron chi connectivity index (χ4n) is 1.77. The smallest absolute Gasteiger partial charge is 0.340 e. The number of non-ortho nitro benzene ring substituents is 1. The van der Waals surface area contributed by atoms with Gasteiger partial charge in [0.2, 0.25) is 0 Å². The van der Waals surface area contributed by atoms with Gasteiger partial charge in [-0.15, -0.1) is 0 Å². The molecule has 0 saturated heterocycles. The molecule has 0 bridgehead atoms.